The number of hydrogen-bond donors (Lipinski definition) is 2. The quantitative estimate of drug-likeness (QED) is 0.565. The number of thioether (sulfide) groups is 1. The van der Waals surface area contributed by atoms with Crippen LogP contribution in [0.15, 0.2) is 47.9 Å². The zero-order valence-corrected chi connectivity index (χ0v) is 18.2. The Hall–Kier alpha value is -3.20. The highest BCUT2D eigenvalue weighted by Crippen LogP contribution is 2.23. The van der Waals surface area contributed by atoms with Crippen molar-refractivity contribution in [3.05, 3.63) is 59.7 Å². The lowest BCUT2D eigenvalue weighted by molar-refractivity contribution is -0.116. The fourth-order valence-corrected chi connectivity index (χ4v) is 3.50. The van der Waals surface area contributed by atoms with E-state index in [9.17, 15) is 9.59 Å². The minimum Gasteiger partial charge on any atom is -0.326 e. The number of carbonyl (C=O) groups excluding carboxylic acids is 2. The second kappa shape index (κ2) is 9.53. The minimum atomic E-state index is -0.398. The number of rotatable bonds is 7. The summed E-state index contributed by atoms with van der Waals surface area (Å²) >= 11 is 1.28. The van der Waals surface area contributed by atoms with Gasteiger partial charge >= 0.3 is 0 Å². The van der Waals surface area contributed by atoms with Crippen LogP contribution in [0.2, 0.25) is 0 Å². The van der Waals surface area contributed by atoms with Gasteiger partial charge in [0.15, 0.2) is 5.16 Å². The highest BCUT2D eigenvalue weighted by molar-refractivity contribution is 8.00. The normalized spacial score (nSPS) is 11.7. The monoisotopic (exact) mass is 424 g/mol. The molecule has 9 heteroatoms. The summed E-state index contributed by atoms with van der Waals surface area (Å²) in [7, 11) is 1.78. The van der Waals surface area contributed by atoms with Crippen molar-refractivity contribution in [3.63, 3.8) is 0 Å². The summed E-state index contributed by atoms with van der Waals surface area (Å²) in [6.45, 7) is 5.82. The van der Waals surface area contributed by atoms with Gasteiger partial charge in [-0.3, -0.25) is 14.6 Å². The third kappa shape index (κ3) is 5.44. The molecule has 156 valence electrons. The van der Waals surface area contributed by atoms with Gasteiger partial charge in [0.05, 0.1) is 23.6 Å². The van der Waals surface area contributed by atoms with Gasteiger partial charge in [0.1, 0.15) is 5.82 Å². The highest BCUT2D eigenvalue weighted by Gasteiger charge is 2.20. The topological polar surface area (TPSA) is 102 Å². The predicted molar refractivity (Wildman–Crippen MR) is 117 cm³/mol. The Morgan fingerprint density at radius 2 is 1.90 bits per heavy atom. The number of pyridine rings is 1. The Labute approximate surface area is 179 Å². The van der Waals surface area contributed by atoms with Crippen LogP contribution in [-0.4, -0.2) is 36.8 Å². The van der Waals surface area contributed by atoms with E-state index < -0.39 is 5.25 Å². The molecule has 0 fully saturated rings. The highest BCUT2D eigenvalue weighted by atomic mass is 32.2. The molecule has 3 aromatic rings. The van der Waals surface area contributed by atoms with Crippen molar-refractivity contribution < 1.29 is 9.59 Å². The number of carbonyl (C=O) groups is 2. The van der Waals surface area contributed by atoms with E-state index in [1.165, 1.54) is 17.3 Å². The number of benzene rings is 1. The summed E-state index contributed by atoms with van der Waals surface area (Å²) in [5, 5.41) is 14.1. The van der Waals surface area contributed by atoms with E-state index in [1.54, 1.807) is 43.1 Å². The van der Waals surface area contributed by atoms with Gasteiger partial charge in [0.2, 0.25) is 11.8 Å². The first kappa shape index (κ1) is 21.5. The molecule has 2 N–H and O–H groups in total. The zero-order chi connectivity index (χ0) is 21.7. The molecular weight excluding hydrogens is 400 g/mol. The molecule has 0 aliphatic heterocycles. The largest absolute Gasteiger partial charge is 0.326 e. The first-order valence-corrected chi connectivity index (χ1v) is 10.3. The molecule has 2 heterocycles. The van der Waals surface area contributed by atoms with Crippen LogP contribution in [0.1, 0.15) is 23.9 Å². The van der Waals surface area contributed by atoms with Gasteiger partial charge in [-0.2, -0.15) is 0 Å². The molecule has 2 aromatic heterocycles. The Morgan fingerprint density at radius 3 is 2.60 bits per heavy atom. The third-order valence-electron chi connectivity index (χ3n) is 4.61. The van der Waals surface area contributed by atoms with Crippen molar-refractivity contribution in [1.82, 2.24) is 19.7 Å². The third-order valence-corrected chi connectivity index (χ3v) is 5.75. The molecule has 0 saturated carbocycles. The van der Waals surface area contributed by atoms with Crippen LogP contribution in [-0.2, 0) is 23.1 Å². The number of anilines is 2. The van der Waals surface area contributed by atoms with E-state index in [0.717, 1.165) is 11.3 Å². The molecule has 2 amide bonds. The lowest BCUT2D eigenvalue weighted by Crippen LogP contribution is -2.23. The molecule has 8 nitrogen and oxygen atoms in total. The second-order valence-corrected chi connectivity index (χ2v) is 8.28. The SMILES string of the molecule is Cc1ccc(NC(=O)Cc2nnc(S[C@@H](C)C(=O)Nc3cccnc3)n2C)cc1C. The zero-order valence-electron chi connectivity index (χ0n) is 17.3. The first-order valence-electron chi connectivity index (χ1n) is 9.46. The van der Waals surface area contributed by atoms with Crippen LogP contribution in [0, 0.1) is 13.8 Å². The number of aromatic nitrogens is 4. The molecule has 0 aliphatic carbocycles. The number of nitrogens with one attached hydrogen (secondary N) is 2. The van der Waals surface area contributed by atoms with Crippen LogP contribution in [0.3, 0.4) is 0 Å². The van der Waals surface area contributed by atoms with Crippen molar-refractivity contribution in [3.8, 4) is 0 Å². The molecule has 0 bridgehead atoms. The lowest BCUT2D eigenvalue weighted by atomic mass is 10.1. The van der Waals surface area contributed by atoms with E-state index in [4.69, 9.17) is 0 Å². The lowest BCUT2D eigenvalue weighted by Gasteiger charge is -2.11. The molecule has 0 radical (unpaired) electrons. The summed E-state index contributed by atoms with van der Waals surface area (Å²) in [5.41, 5.74) is 3.67. The summed E-state index contributed by atoms with van der Waals surface area (Å²) < 4.78 is 1.73. The molecule has 0 aliphatic rings. The Kier molecular flexibility index (Phi) is 6.83. The second-order valence-electron chi connectivity index (χ2n) is 6.97. The fraction of sp³-hybridized carbons (Fsp3) is 0.286. The fourth-order valence-electron chi connectivity index (χ4n) is 2.66. The molecule has 30 heavy (non-hydrogen) atoms. The van der Waals surface area contributed by atoms with Gasteiger partial charge in [0, 0.05) is 18.9 Å². The van der Waals surface area contributed by atoms with Crippen LogP contribution in [0.5, 0.6) is 0 Å². The average Bonchev–Trinajstić information content (AvgIpc) is 3.05. The van der Waals surface area contributed by atoms with Crippen LogP contribution >= 0.6 is 11.8 Å². The molecule has 3 rings (SSSR count). The van der Waals surface area contributed by atoms with Crippen molar-refractivity contribution in [2.24, 2.45) is 7.05 Å². The average molecular weight is 425 g/mol. The van der Waals surface area contributed by atoms with E-state index in [0.29, 0.717) is 16.7 Å². The van der Waals surface area contributed by atoms with E-state index in [-0.39, 0.29) is 18.2 Å². The van der Waals surface area contributed by atoms with Gasteiger partial charge in [-0.1, -0.05) is 17.8 Å². The summed E-state index contributed by atoms with van der Waals surface area (Å²) in [6, 6.07) is 9.32. The smallest absolute Gasteiger partial charge is 0.237 e. The summed E-state index contributed by atoms with van der Waals surface area (Å²) in [6.07, 6.45) is 3.32. The Balaban J connectivity index is 1.58. The Morgan fingerprint density at radius 1 is 1.10 bits per heavy atom. The number of amides is 2. The van der Waals surface area contributed by atoms with Crippen LogP contribution < -0.4 is 10.6 Å². The molecule has 0 spiro atoms. The summed E-state index contributed by atoms with van der Waals surface area (Å²) in [4.78, 5) is 28.8. The van der Waals surface area contributed by atoms with Crippen LogP contribution in [0.4, 0.5) is 11.4 Å². The summed E-state index contributed by atoms with van der Waals surface area (Å²) in [5.74, 6) is 0.191. The Bertz CT molecular complexity index is 1050. The van der Waals surface area contributed by atoms with Gasteiger partial charge in [-0.15, -0.1) is 10.2 Å². The molecule has 1 aromatic carbocycles. The minimum absolute atomic E-state index is 0.0905. The van der Waals surface area contributed by atoms with Gasteiger partial charge in [-0.05, 0) is 56.2 Å². The predicted octanol–water partition coefficient (Wildman–Crippen LogP) is 3.13. The molecular formula is C21H24N6O2S. The molecule has 0 saturated heterocycles. The molecule has 0 unspecified atom stereocenters. The van der Waals surface area contributed by atoms with E-state index in [1.807, 2.05) is 32.0 Å². The van der Waals surface area contributed by atoms with Crippen molar-refractivity contribution in [2.75, 3.05) is 10.6 Å². The number of hydrogen-bond acceptors (Lipinski definition) is 6. The van der Waals surface area contributed by atoms with Crippen LogP contribution in [0.25, 0.3) is 0 Å². The maximum Gasteiger partial charge on any atom is 0.237 e. The van der Waals surface area contributed by atoms with Gasteiger partial charge in [-0.25, -0.2) is 0 Å². The van der Waals surface area contributed by atoms with Gasteiger partial charge in [0.25, 0.3) is 0 Å². The van der Waals surface area contributed by atoms with E-state index in [2.05, 4.69) is 25.8 Å². The van der Waals surface area contributed by atoms with Gasteiger partial charge < -0.3 is 15.2 Å². The van der Waals surface area contributed by atoms with Crippen molar-refractivity contribution >= 4 is 35.0 Å². The van der Waals surface area contributed by atoms with E-state index >= 15 is 0 Å². The van der Waals surface area contributed by atoms with Crippen molar-refractivity contribution in [2.45, 2.75) is 37.6 Å². The number of aryl methyl sites for hydroxylation is 2. The number of nitrogens with zero attached hydrogens (tertiary/aromatic N) is 4. The maximum absolute atomic E-state index is 12.4. The standard InChI is InChI=1S/C21H24N6O2S/c1-13-7-8-16(10-14(13)2)23-19(28)11-18-25-26-21(27(18)4)30-15(3)20(29)24-17-6-5-9-22-12-17/h5-10,12,15H,11H2,1-4H3,(H,23,28)(H,24,29)/t15-/m0/s1. The molecule has 1 atom stereocenters. The van der Waals surface area contributed by atoms with Crippen molar-refractivity contribution in [1.29, 1.82) is 0 Å². The maximum atomic E-state index is 12.4. The first-order chi connectivity index (χ1) is 14.3.